The number of carboxylic acid groups (broad SMARTS) is 1. The number of aryl methyl sites for hydroxylation is 1. The Morgan fingerprint density at radius 3 is 2.17 bits per heavy atom. The molecule has 2 rings (SSSR count). The van der Waals surface area contributed by atoms with Gasteiger partial charge in [0.15, 0.2) is 0 Å². The van der Waals surface area contributed by atoms with E-state index >= 15 is 0 Å². The molecule has 0 aliphatic carbocycles. The zero-order valence-electron chi connectivity index (χ0n) is 25.1. The number of amides is 1. The molecular formula is C31H42N2O8S. The molecular weight excluding hydrogens is 560 g/mol. The molecule has 0 unspecified atom stereocenters. The number of rotatable bonds is 16. The van der Waals surface area contributed by atoms with E-state index in [1.54, 1.807) is 45.9 Å². The third-order valence-corrected chi connectivity index (χ3v) is 6.80. The van der Waals surface area contributed by atoms with Crippen molar-refractivity contribution in [2.75, 3.05) is 13.2 Å². The molecule has 0 fully saturated rings. The molecule has 2 aromatic rings. The van der Waals surface area contributed by atoms with Crippen LogP contribution < -0.4 is 14.8 Å². The summed E-state index contributed by atoms with van der Waals surface area (Å²) in [6, 6.07) is 7.66. The van der Waals surface area contributed by atoms with Crippen molar-refractivity contribution < 1.29 is 37.4 Å². The Kier molecular flexibility index (Phi) is 13.7. The van der Waals surface area contributed by atoms with Crippen molar-refractivity contribution in [1.29, 1.82) is 0 Å². The Morgan fingerprint density at radius 1 is 0.952 bits per heavy atom. The van der Waals surface area contributed by atoms with Crippen molar-refractivity contribution in [2.24, 2.45) is 9.78 Å². The van der Waals surface area contributed by atoms with Crippen molar-refractivity contribution >= 4 is 34.0 Å². The van der Waals surface area contributed by atoms with E-state index in [0.29, 0.717) is 23.5 Å². The van der Waals surface area contributed by atoms with E-state index in [0.717, 1.165) is 25.7 Å². The van der Waals surface area contributed by atoms with Crippen LogP contribution in [0.25, 0.3) is 11.1 Å². The van der Waals surface area contributed by atoms with Gasteiger partial charge < -0.3 is 19.9 Å². The summed E-state index contributed by atoms with van der Waals surface area (Å²) in [4.78, 5) is 36.7. The number of carbonyl (C=O) groups excluding carboxylic acids is 2. The standard InChI is InChI=1S/C31H42N2O8S/c1-6-7-8-9-10-11-12-13-16-40-23-18-24(29(36)32-20-27(34)35)28(25(19-23)33-42(38)39)22-14-15-26(21(2)17-22)41-30(37)31(3,4)5/h14-15,17-19H,6-13,16,20H2,1-5H3,(H,32,36)(H,34,35). The Balaban J connectivity index is 2.42. The summed E-state index contributed by atoms with van der Waals surface area (Å²) in [5.74, 6) is -1.86. The van der Waals surface area contributed by atoms with Gasteiger partial charge in [0.05, 0.1) is 23.3 Å². The van der Waals surface area contributed by atoms with E-state index in [1.807, 2.05) is 0 Å². The molecule has 0 aromatic heterocycles. The van der Waals surface area contributed by atoms with Gasteiger partial charge in [-0.05, 0) is 63.4 Å². The first-order valence-corrected chi connectivity index (χ1v) is 15.3. The minimum atomic E-state index is -2.86. The molecule has 0 spiro atoms. The molecule has 10 nitrogen and oxygen atoms in total. The van der Waals surface area contributed by atoms with E-state index in [4.69, 9.17) is 14.6 Å². The van der Waals surface area contributed by atoms with Gasteiger partial charge in [-0.2, -0.15) is 8.42 Å². The van der Waals surface area contributed by atoms with Crippen LogP contribution in [-0.2, 0) is 20.1 Å². The number of aliphatic carboxylic acids is 1. The van der Waals surface area contributed by atoms with Crippen molar-refractivity contribution in [3.05, 3.63) is 41.5 Å². The van der Waals surface area contributed by atoms with Crippen LogP contribution in [0.5, 0.6) is 11.5 Å². The number of hydrogen-bond donors (Lipinski definition) is 2. The highest BCUT2D eigenvalue weighted by molar-refractivity contribution is 7.61. The van der Waals surface area contributed by atoms with Crippen LogP contribution in [0.4, 0.5) is 5.69 Å². The van der Waals surface area contributed by atoms with E-state index in [2.05, 4.69) is 16.6 Å². The van der Waals surface area contributed by atoms with Crippen LogP contribution in [0.15, 0.2) is 34.7 Å². The third-order valence-electron chi connectivity index (χ3n) is 6.45. The monoisotopic (exact) mass is 602 g/mol. The quantitative estimate of drug-likeness (QED) is 0.123. The molecule has 2 aromatic carbocycles. The third kappa shape index (κ3) is 11.3. The number of benzene rings is 2. The van der Waals surface area contributed by atoms with Gasteiger partial charge in [-0.15, -0.1) is 4.36 Å². The lowest BCUT2D eigenvalue weighted by Crippen LogP contribution is -2.29. The number of ether oxygens (including phenoxy) is 2. The summed E-state index contributed by atoms with van der Waals surface area (Å²) in [5, 5.41) is 11.4. The topological polar surface area (TPSA) is 148 Å². The van der Waals surface area contributed by atoms with E-state index < -0.39 is 40.3 Å². The highest BCUT2D eigenvalue weighted by atomic mass is 32.2. The number of hydrogen-bond acceptors (Lipinski definition) is 8. The largest absolute Gasteiger partial charge is 0.493 e. The van der Waals surface area contributed by atoms with Crippen LogP contribution in [-0.4, -0.2) is 44.5 Å². The first-order valence-electron chi connectivity index (χ1n) is 14.3. The number of nitrogens with one attached hydrogen (secondary N) is 1. The predicted octanol–water partition coefficient (Wildman–Crippen LogP) is 6.64. The van der Waals surface area contributed by atoms with E-state index in [9.17, 15) is 22.8 Å². The van der Waals surface area contributed by atoms with Gasteiger partial charge >= 0.3 is 22.4 Å². The first kappa shape index (κ1) is 34.5. The molecule has 42 heavy (non-hydrogen) atoms. The molecule has 230 valence electrons. The lowest BCUT2D eigenvalue weighted by molar-refractivity contribution is -0.143. The maximum Gasteiger partial charge on any atom is 0.322 e. The van der Waals surface area contributed by atoms with Gasteiger partial charge in [-0.1, -0.05) is 57.9 Å². The number of unbranched alkanes of at least 4 members (excludes halogenated alkanes) is 7. The van der Waals surface area contributed by atoms with Crippen molar-refractivity contribution in [2.45, 2.75) is 86.0 Å². The lowest BCUT2D eigenvalue weighted by Gasteiger charge is -2.19. The van der Waals surface area contributed by atoms with Gasteiger partial charge in [0, 0.05) is 11.6 Å². The molecule has 0 radical (unpaired) electrons. The van der Waals surface area contributed by atoms with E-state index in [-0.39, 0.29) is 22.6 Å². The molecule has 0 saturated heterocycles. The summed E-state index contributed by atoms with van der Waals surface area (Å²) in [6.45, 7) is 8.81. The van der Waals surface area contributed by atoms with Crippen LogP contribution in [0.2, 0.25) is 0 Å². The minimum Gasteiger partial charge on any atom is -0.493 e. The fourth-order valence-electron chi connectivity index (χ4n) is 4.17. The first-order chi connectivity index (χ1) is 19.8. The second-order valence-corrected chi connectivity index (χ2v) is 11.8. The summed E-state index contributed by atoms with van der Waals surface area (Å²) < 4.78 is 38.5. The average Bonchev–Trinajstić information content (AvgIpc) is 2.90. The number of carbonyl (C=O) groups is 3. The Hall–Kier alpha value is -3.73. The summed E-state index contributed by atoms with van der Waals surface area (Å²) in [5.41, 5.74) is 0.366. The minimum absolute atomic E-state index is 0.00675. The normalized spacial score (nSPS) is 11.1. The fourth-order valence-corrected chi connectivity index (χ4v) is 4.47. The van der Waals surface area contributed by atoms with Gasteiger partial charge in [-0.3, -0.25) is 14.4 Å². The summed E-state index contributed by atoms with van der Waals surface area (Å²) in [7, 11) is -2.86. The second-order valence-electron chi connectivity index (χ2n) is 11.2. The van der Waals surface area contributed by atoms with Crippen LogP contribution in [0, 0.1) is 12.3 Å². The Morgan fingerprint density at radius 2 is 1.60 bits per heavy atom. The molecule has 11 heteroatoms. The van der Waals surface area contributed by atoms with Gasteiger partial charge in [0.1, 0.15) is 18.0 Å². The molecule has 0 heterocycles. The number of nitrogens with zero attached hydrogens (tertiary/aromatic N) is 1. The Labute approximate surface area is 249 Å². The van der Waals surface area contributed by atoms with Crippen molar-refractivity contribution in [3.8, 4) is 22.6 Å². The molecule has 0 bridgehead atoms. The molecule has 0 aliphatic rings. The predicted molar refractivity (Wildman–Crippen MR) is 161 cm³/mol. The second kappa shape index (κ2) is 16.6. The molecule has 0 aliphatic heterocycles. The van der Waals surface area contributed by atoms with E-state index in [1.165, 1.54) is 37.8 Å². The smallest absolute Gasteiger partial charge is 0.322 e. The maximum atomic E-state index is 13.2. The van der Waals surface area contributed by atoms with Crippen molar-refractivity contribution in [3.63, 3.8) is 0 Å². The van der Waals surface area contributed by atoms with Crippen LogP contribution in [0.1, 0.15) is 95.0 Å². The molecule has 1 amide bonds. The molecule has 2 N–H and O–H groups in total. The summed E-state index contributed by atoms with van der Waals surface area (Å²) in [6.07, 6.45) is 8.91. The van der Waals surface area contributed by atoms with Crippen LogP contribution in [0.3, 0.4) is 0 Å². The lowest BCUT2D eigenvalue weighted by atomic mass is 9.95. The van der Waals surface area contributed by atoms with Crippen molar-refractivity contribution in [1.82, 2.24) is 5.32 Å². The SMILES string of the molecule is CCCCCCCCCCOc1cc(N=S(=O)=O)c(-c2ccc(OC(=O)C(C)(C)C)c(C)c2)c(C(=O)NCC(=O)O)c1. The van der Waals surface area contributed by atoms with Gasteiger partial charge in [0.25, 0.3) is 5.91 Å². The van der Waals surface area contributed by atoms with Gasteiger partial charge in [-0.25, -0.2) is 0 Å². The zero-order chi connectivity index (χ0) is 31.3. The summed E-state index contributed by atoms with van der Waals surface area (Å²) >= 11 is 0. The molecule has 0 atom stereocenters. The molecule has 0 saturated carbocycles. The van der Waals surface area contributed by atoms with Crippen LogP contribution >= 0.6 is 0 Å². The number of carboxylic acids is 1. The Bertz CT molecular complexity index is 1390. The highest BCUT2D eigenvalue weighted by Crippen LogP contribution is 2.39. The van der Waals surface area contributed by atoms with Gasteiger partial charge in [0.2, 0.25) is 0 Å². The highest BCUT2D eigenvalue weighted by Gasteiger charge is 2.25. The zero-order valence-corrected chi connectivity index (χ0v) is 25.9. The fraction of sp³-hybridized carbons (Fsp3) is 0.516. The maximum absolute atomic E-state index is 13.2. The number of esters is 1. The average molecular weight is 603 g/mol.